The molecule has 0 spiro atoms. The Morgan fingerprint density at radius 2 is 1.95 bits per heavy atom. The van der Waals surface area contributed by atoms with Crippen molar-refractivity contribution in [3.05, 3.63) is 35.4 Å². The summed E-state index contributed by atoms with van der Waals surface area (Å²) in [4.78, 5) is 13.4. The van der Waals surface area contributed by atoms with Gasteiger partial charge in [-0.3, -0.25) is 4.79 Å². The van der Waals surface area contributed by atoms with E-state index in [1.165, 1.54) is 11.1 Å². The zero-order valence-corrected chi connectivity index (χ0v) is 11.8. The van der Waals surface area contributed by atoms with Crippen LogP contribution in [0, 0.1) is 0 Å². The minimum atomic E-state index is 0.329. The number of hydrogen-bond donors (Lipinski definition) is 1. The summed E-state index contributed by atoms with van der Waals surface area (Å²) in [5, 5.41) is 3.44. The molecule has 1 aliphatic rings. The van der Waals surface area contributed by atoms with Crippen LogP contribution in [-0.2, 0) is 17.8 Å². The summed E-state index contributed by atoms with van der Waals surface area (Å²) in [6.45, 7) is 5.92. The Balaban J connectivity index is 1.59. The molecule has 2 rings (SSSR count). The van der Waals surface area contributed by atoms with Crippen LogP contribution < -0.4 is 5.32 Å². The molecule has 3 nitrogen and oxygen atoms in total. The van der Waals surface area contributed by atoms with Gasteiger partial charge in [0.1, 0.15) is 0 Å². The summed E-state index contributed by atoms with van der Waals surface area (Å²) in [7, 11) is 0. The van der Waals surface area contributed by atoms with Gasteiger partial charge in [-0.15, -0.1) is 0 Å². The number of carbonyl (C=O) groups excluding carboxylic acids is 1. The number of nitrogens with one attached hydrogen (secondary N) is 1. The molecule has 1 saturated heterocycles. The zero-order valence-electron chi connectivity index (χ0n) is 11.8. The van der Waals surface area contributed by atoms with E-state index >= 15 is 0 Å². The molecule has 0 bridgehead atoms. The fourth-order valence-electron chi connectivity index (χ4n) is 2.46. The number of rotatable bonds is 7. The van der Waals surface area contributed by atoms with Gasteiger partial charge in [0.2, 0.25) is 5.91 Å². The fraction of sp³-hybridized carbons (Fsp3) is 0.562. The van der Waals surface area contributed by atoms with Crippen molar-refractivity contribution in [2.45, 2.75) is 39.2 Å². The van der Waals surface area contributed by atoms with Crippen molar-refractivity contribution < 1.29 is 4.79 Å². The molecule has 1 aromatic rings. The van der Waals surface area contributed by atoms with Gasteiger partial charge in [0, 0.05) is 26.1 Å². The lowest BCUT2D eigenvalue weighted by atomic mass is 10.1. The van der Waals surface area contributed by atoms with Gasteiger partial charge >= 0.3 is 0 Å². The lowest BCUT2D eigenvalue weighted by molar-refractivity contribution is -0.127. The Morgan fingerprint density at radius 3 is 2.58 bits per heavy atom. The fourth-order valence-corrected chi connectivity index (χ4v) is 2.46. The second-order valence-corrected chi connectivity index (χ2v) is 5.18. The smallest absolute Gasteiger partial charge is 0.222 e. The maximum absolute atomic E-state index is 11.4. The van der Waals surface area contributed by atoms with Crippen LogP contribution in [-0.4, -0.2) is 30.4 Å². The minimum Gasteiger partial charge on any atom is -0.343 e. The van der Waals surface area contributed by atoms with Crippen molar-refractivity contribution in [3.63, 3.8) is 0 Å². The summed E-state index contributed by atoms with van der Waals surface area (Å²) < 4.78 is 0. The molecular weight excluding hydrogens is 236 g/mol. The van der Waals surface area contributed by atoms with Crippen molar-refractivity contribution in [2.24, 2.45) is 0 Å². The first-order valence-corrected chi connectivity index (χ1v) is 7.36. The van der Waals surface area contributed by atoms with Crippen LogP contribution in [0.1, 0.15) is 37.3 Å². The van der Waals surface area contributed by atoms with E-state index in [0.29, 0.717) is 5.91 Å². The molecule has 0 aromatic heterocycles. The maximum Gasteiger partial charge on any atom is 0.222 e. The normalized spacial score (nSPS) is 15.2. The number of benzene rings is 1. The zero-order chi connectivity index (χ0) is 13.5. The van der Waals surface area contributed by atoms with Crippen LogP contribution >= 0.6 is 0 Å². The van der Waals surface area contributed by atoms with Crippen LogP contribution in [0.3, 0.4) is 0 Å². The molecule has 1 N–H and O–H groups in total. The summed E-state index contributed by atoms with van der Waals surface area (Å²) in [5.74, 6) is 0.329. The number of likely N-dealkylation sites (tertiary alicyclic amines) is 1. The van der Waals surface area contributed by atoms with Gasteiger partial charge in [-0.25, -0.2) is 0 Å². The standard InChI is InChI=1S/C16H24N2O/c1-2-14-6-8-15(9-7-14)13-17-10-4-12-18-11-3-5-16(18)19/h6-9,17H,2-5,10-13H2,1H3. The summed E-state index contributed by atoms with van der Waals surface area (Å²) in [6, 6.07) is 8.77. The molecule has 1 fully saturated rings. The van der Waals surface area contributed by atoms with Gasteiger partial charge < -0.3 is 10.2 Å². The van der Waals surface area contributed by atoms with Gasteiger partial charge in [-0.1, -0.05) is 31.2 Å². The molecule has 0 atom stereocenters. The Morgan fingerprint density at radius 1 is 1.21 bits per heavy atom. The van der Waals surface area contributed by atoms with Gasteiger partial charge in [-0.2, -0.15) is 0 Å². The highest BCUT2D eigenvalue weighted by molar-refractivity contribution is 5.77. The lowest BCUT2D eigenvalue weighted by Gasteiger charge is -2.15. The van der Waals surface area contributed by atoms with Gasteiger partial charge in [0.15, 0.2) is 0 Å². The number of amides is 1. The Bertz CT molecular complexity index is 400. The summed E-state index contributed by atoms with van der Waals surface area (Å²) >= 11 is 0. The third-order valence-electron chi connectivity index (χ3n) is 3.71. The Kier molecular flexibility index (Phi) is 5.40. The number of nitrogens with zero attached hydrogens (tertiary/aromatic N) is 1. The quantitative estimate of drug-likeness (QED) is 0.763. The maximum atomic E-state index is 11.4. The second-order valence-electron chi connectivity index (χ2n) is 5.18. The highest BCUT2D eigenvalue weighted by Crippen LogP contribution is 2.09. The summed E-state index contributed by atoms with van der Waals surface area (Å²) in [5.41, 5.74) is 2.71. The van der Waals surface area contributed by atoms with E-state index in [9.17, 15) is 4.79 Å². The molecule has 0 unspecified atom stereocenters. The first kappa shape index (κ1) is 14.1. The van der Waals surface area contributed by atoms with Crippen LogP contribution in [0.15, 0.2) is 24.3 Å². The molecule has 3 heteroatoms. The third kappa shape index (κ3) is 4.35. The minimum absolute atomic E-state index is 0.329. The topological polar surface area (TPSA) is 32.3 Å². The van der Waals surface area contributed by atoms with Crippen LogP contribution in [0.25, 0.3) is 0 Å². The first-order valence-electron chi connectivity index (χ1n) is 7.36. The van der Waals surface area contributed by atoms with Crippen molar-refractivity contribution in [1.29, 1.82) is 0 Å². The third-order valence-corrected chi connectivity index (χ3v) is 3.71. The molecule has 19 heavy (non-hydrogen) atoms. The van der Waals surface area contributed by atoms with Gasteiger partial charge in [0.05, 0.1) is 0 Å². The van der Waals surface area contributed by atoms with Crippen LogP contribution in [0.5, 0.6) is 0 Å². The predicted molar refractivity (Wildman–Crippen MR) is 78.0 cm³/mol. The van der Waals surface area contributed by atoms with Crippen molar-refractivity contribution >= 4 is 5.91 Å². The number of hydrogen-bond acceptors (Lipinski definition) is 2. The van der Waals surface area contributed by atoms with Crippen LogP contribution in [0.4, 0.5) is 0 Å². The van der Waals surface area contributed by atoms with Crippen LogP contribution in [0.2, 0.25) is 0 Å². The van der Waals surface area contributed by atoms with Crippen molar-refractivity contribution in [1.82, 2.24) is 10.2 Å². The first-order chi connectivity index (χ1) is 9.29. The highest BCUT2D eigenvalue weighted by atomic mass is 16.2. The van der Waals surface area contributed by atoms with E-state index in [1.54, 1.807) is 0 Å². The Hall–Kier alpha value is -1.35. The van der Waals surface area contributed by atoms with E-state index in [4.69, 9.17) is 0 Å². The second kappa shape index (κ2) is 7.29. The molecular formula is C16H24N2O. The van der Waals surface area contributed by atoms with E-state index in [1.807, 2.05) is 4.90 Å². The molecule has 0 saturated carbocycles. The van der Waals surface area contributed by atoms with E-state index < -0.39 is 0 Å². The molecule has 1 aliphatic heterocycles. The lowest BCUT2D eigenvalue weighted by Crippen LogP contribution is -2.28. The molecule has 1 aromatic carbocycles. The molecule has 104 valence electrons. The molecule has 0 aliphatic carbocycles. The van der Waals surface area contributed by atoms with Crippen molar-refractivity contribution in [3.8, 4) is 0 Å². The number of aryl methyl sites for hydroxylation is 1. The average molecular weight is 260 g/mol. The monoisotopic (exact) mass is 260 g/mol. The average Bonchev–Trinajstić information content (AvgIpc) is 2.85. The molecule has 1 heterocycles. The van der Waals surface area contributed by atoms with E-state index in [2.05, 4.69) is 36.5 Å². The largest absolute Gasteiger partial charge is 0.343 e. The molecule has 1 amide bonds. The Labute approximate surface area is 116 Å². The van der Waals surface area contributed by atoms with E-state index in [-0.39, 0.29) is 0 Å². The number of carbonyl (C=O) groups is 1. The summed E-state index contributed by atoms with van der Waals surface area (Å²) in [6.07, 6.45) is 3.92. The van der Waals surface area contributed by atoms with Crippen molar-refractivity contribution in [2.75, 3.05) is 19.6 Å². The van der Waals surface area contributed by atoms with Gasteiger partial charge in [0.25, 0.3) is 0 Å². The highest BCUT2D eigenvalue weighted by Gasteiger charge is 2.18. The van der Waals surface area contributed by atoms with E-state index in [0.717, 1.165) is 51.9 Å². The van der Waals surface area contributed by atoms with Gasteiger partial charge in [-0.05, 0) is 36.9 Å². The molecule has 0 radical (unpaired) electrons. The predicted octanol–water partition coefficient (Wildman–Crippen LogP) is 2.35. The SMILES string of the molecule is CCc1ccc(CNCCCN2CCCC2=O)cc1.